The number of anilines is 1. The van der Waals surface area contributed by atoms with Gasteiger partial charge in [0.25, 0.3) is 5.91 Å². The second-order valence-corrected chi connectivity index (χ2v) is 6.45. The lowest BCUT2D eigenvalue weighted by Crippen LogP contribution is -2.35. The van der Waals surface area contributed by atoms with Gasteiger partial charge in [0.2, 0.25) is 0 Å². The van der Waals surface area contributed by atoms with Crippen molar-refractivity contribution in [3.05, 3.63) is 71.9 Å². The van der Waals surface area contributed by atoms with Crippen molar-refractivity contribution in [3.8, 4) is 0 Å². The molecule has 3 aromatic rings. The highest BCUT2D eigenvalue weighted by molar-refractivity contribution is 6.06. The number of carbonyl (C=O) groups is 1. The lowest BCUT2D eigenvalue weighted by Gasteiger charge is -2.26. The fraction of sp³-hybridized carbons (Fsp3) is 0.238. The zero-order chi connectivity index (χ0) is 17.8. The third kappa shape index (κ3) is 3.90. The maximum absolute atomic E-state index is 12.5. The number of hydrogen-bond donors (Lipinski definition) is 1. The number of ether oxygens (including phenoxy) is 1. The normalized spacial score (nSPS) is 15.1. The van der Waals surface area contributed by atoms with Crippen LogP contribution < -0.4 is 5.32 Å². The molecule has 1 saturated heterocycles. The van der Waals surface area contributed by atoms with Crippen LogP contribution in [0.4, 0.5) is 5.69 Å². The predicted molar refractivity (Wildman–Crippen MR) is 102 cm³/mol. The van der Waals surface area contributed by atoms with Crippen molar-refractivity contribution in [1.82, 2.24) is 9.88 Å². The van der Waals surface area contributed by atoms with Gasteiger partial charge in [0.15, 0.2) is 0 Å². The summed E-state index contributed by atoms with van der Waals surface area (Å²) in [6.07, 6.45) is 1.73. The summed E-state index contributed by atoms with van der Waals surface area (Å²) in [4.78, 5) is 19.2. The molecule has 2 heterocycles. The van der Waals surface area contributed by atoms with Gasteiger partial charge in [-0.2, -0.15) is 0 Å². The van der Waals surface area contributed by atoms with Gasteiger partial charge in [-0.25, -0.2) is 0 Å². The van der Waals surface area contributed by atoms with Crippen LogP contribution in [0.5, 0.6) is 0 Å². The number of rotatable bonds is 4. The summed E-state index contributed by atoms with van der Waals surface area (Å²) in [6, 6.07) is 17.5. The molecular formula is C21H21N3O2. The second-order valence-electron chi connectivity index (χ2n) is 6.45. The van der Waals surface area contributed by atoms with Crippen molar-refractivity contribution in [2.45, 2.75) is 6.54 Å². The first kappa shape index (κ1) is 16.7. The van der Waals surface area contributed by atoms with Crippen LogP contribution in [0.2, 0.25) is 0 Å². The molecular weight excluding hydrogens is 326 g/mol. The van der Waals surface area contributed by atoms with Gasteiger partial charge >= 0.3 is 0 Å². The molecule has 1 N–H and O–H groups in total. The molecule has 0 saturated carbocycles. The summed E-state index contributed by atoms with van der Waals surface area (Å²) >= 11 is 0. The Kier molecular flexibility index (Phi) is 4.91. The molecule has 5 nitrogen and oxygen atoms in total. The highest BCUT2D eigenvalue weighted by Crippen LogP contribution is 2.16. The van der Waals surface area contributed by atoms with E-state index in [0.29, 0.717) is 5.56 Å². The van der Waals surface area contributed by atoms with Gasteiger partial charge in [-0.3, -0.25) is 14.7 Å². The van der Waals surface area contributed by atoms with Gasteiger partial charge < -0.3 is 10.1 Å². The lowest BCUT2D eigenvalue weighted by atomic mass is 10.1. The number of amides is 1. The molecule has 0 unspecified atom stereocenters. The molecule has 0 spiro atoms. The fourth-order valence-corrected chi connectivity index (χ4v) is 3.12. The van der Waals surface area contributed by atoms with Gasteiger partial charge in [0.1, 0.15) is 0 Å². The summed E-state index contributed by atoms with van der Waals surface area (Å²) in [5, 5.41) is 3.98. The van der Waals surface area contributed by atoms with Gasteiger partial charge in [-0.05, 0) is 35.9 Å². The van der Waals surface area contributed by atoms with Gasteiger partial charge in [0, 0.05) is 42.5 Å². The molecule has 2 aromatic carbocycles. The van der Waals surface area contributed by atoms with Crippen molar-refractivity contribution in [3.63, 3.8) is 0 Å². The van der Waals surface area contributed by atoms with Crippen LogP contribution in [-0.4, -0.2) is 42.1 Å². The third-order valence-corrected chi connectivity index (χ3v) is 4.59. The average Bonchev–Trinajstić information content (AvgIpc) is 2.70. The first-order chi connectivity index (χ1) is 12.8. The second kappa shape index (κ2) is 7.64. The first-order valence-corrected chi connectivity index (χ1v) is 8.83. The highest BCUT2D eigenvalue weighted by atomic mass is 16.5. The Labute approximate surface area is 152 Å². The van der Waals surface area contributed by atoms with Crippen LogP contribution in [0, 0.1) is 0 Å². The van der Waals surface area contributed by atoms with Crippen molar-refractivity contribution in [2.75, 3.05) is 31.6 Å². The van der Waals surface area contributed by atoms with E-state index in [2.05, 4.69) is 27.3 Å². The number of hydrogen-bond acceptors (Lipinski definition) is 4. The minimum Gasteiger partial charge on any atom is -0.379 e. The third-order valence-electron chi connectivity index (χ3n) is 4.59. The van der Waals surface area contributed by atoms with E-state index in [1.165, 1.54) is 5.56 Å². The zero-order valence-electron chi connectivity index (χ0n) is 14.5. The smallest absolute Gasteiger partial charge is 0.255 e. The molecule has 1 amide bonds. The molecule has 1 aromatic heterocycles. The molecule has 132 valence electrons. The monoisotopic (exact) mass is 347 g/mol. The predicted octanol–water partition coefficient (Wildman–Crippen LogP) is 3.32. The Morgan fingerprint density at radius 3 is 2.69 bits per heavy atom. The number of pyridine rings is 1. The molecule has 0 aliphatic carbocycles. The van der Waals surface area contributed by atoms with E-state index < -0.39 is 0 Å². The summed E-state index contributed by atoms with van der Waals surface area (Å²) in [7, 11) is 0. The molecule has 0 atom stereocenters. The van der Waals surface area contributed by atoms with Crippen molar-refractivity contribution in [2.24, 2.45) is 0 Å². The van der Waals surface area contributed by atoms with E-state index in [-0.39, 0.29) is 5.91 Å². The first-order valence-electron chi connectivity index (χ1n) is 8.83. The van der Waals surface area contributed by atoms with E-state index >= 15 is 0 Å². The van der Waals surface area contributed by atoms with Gasteiger partial charge in [-0.1, -0.05) is 24.3 Å². The van der Waals surface area contributed by atoms with E-state index in [1.54, 1.807) is 6.20 Å². The largest absolute Gasteiger partial charge is 0.379 e. The molecule has 5 heteroatoms. The molecule has 0 bridgehead atoms. The summed E-state index contributed by atoms with van der Waals surface area (Å²) < 4.78 is 5.38. The number of nitrogens with zero attached hydrogens (tertiary/aromatic N) is 2. The van der Waals surface area contributed by atoms with Crippen LogP contribution in [0.25, 0.3) is 10.9 Å². The van der Waals surface area contributed by atoms with E-state index in [0.717, 1.165) is 49.4 Å². The molecule has 0 radical (unpaired) electrons. The number of nitrogens with one attached hydrogen (secondary N) is 1. The van der Waals surface area contributed by atoms with E-state index in [9.17, 15) is 4.79 Å². The highest BCUT2D eigenvalue weighted by Gasteiger charge is 2.11. The zero-order valence-corrected chi connectivity index (χ0v) is 14.5. The number of carbonyl (C=O) groups excluding carboxylic acids is 1. The van der Waals surface area contributed by atoms with Crippen molar-refractivity contribution in [1.29, 1.82) is 0 Å². The summed E-state index contributed by atoms with van der Waals surface area (Å²) in [5.74, 6) is -0.126. The summed E-state index contributed by atoms with van der Waals surface area (Å²) in [5.41, 5.74) is 3.45. The quantitative estimate of drug-likeness (QED) is 0.787. The number of fused-ring (bicyclic) bond motifs is 1. The maximum Gasteiger partial charge on any atom is 0.255 e. The standard InChI is InChI=1S/C21H21N3O2/c25-21(18-6-5-17-2-1-9-22-20(17)14-18)23-19-7-3-16(4-8-19)15-24-10-12-26-13-11-24/h1-9,14H,10-13,15H2,(H,23,25). The Morgan fingerprint density at radius 1 is 1.08 bits per heavy atom. The molecule has 1 fully saturated rings. The average molecular weight is 347 g/mol. The van der Waals surface area contributed by atoms with Crippen LogP contribution in [0.1, 0.15) is 15.9 Å². The Morgan fingerprint density at radius 2 is 1.88 bits per heavy atom. The lowest BCUT2D eigenvalue weighted by molar-refractivity contribution is 0.0342. The van der Waals surface area contributed by atoms with E-state index in [4.69, 9.17) is 4.74 Å². The molecule has 1 aliphatic rings. The Balaban J connectivity index is 1.41. The minimum absolute atomic E-state index is 0.126. The van der Waals surface area contributed by atoms with Crippen molar-refractivity contribution < 1.29 is 9.53 Å². The fourth-order valence-electron chi connectivity index (χ4n) is 3.12. The van der Waals surface area contributed by atoms with Crippen molar-refractivity contribution >= 4 is 22.5 Å². The molecule has 4 rings (SSSR count). The van der Waals surface area contributed by atoms with Crippen LogP contribution >= 0.6 is 0 Å². The van der Waals surface area contributed by atoms with Crippen LogP contribution in [-0.2, 0) is 11.3 Å². The molecule has 26 heavy (non-hydrogen) atoms. The maximum atomic E-state index is 12.5. The number of aromatic nitrogens is 1. The van der Waals surface area contributed by atoms with Gasteiger partial charge in [-0.15, -0.1) is 0 Å². The summed E-state index contributed by atoms with van der Waals surface area (Å²) in [6.45, 7) is 4.44. The minimum atomic E-state index is -0.126. The Hall–Kier alpha value is -2.76. The van der Waals surface area contributed by atoms with Crippen LogP contribution in [0.15, 0.2) is 60.8 Å². The van der Waals surface area contributed by atoms with Gasteiger partial charge in [0.05, 0.1) is 18.7 Å². The topological polar surface area (TPSA) is 54.5 Å². The number of morpholine rings is 1. The number of benzene rings is 2. The Bertz CT molecular complexity index is 903. The molecule has 1 aliphatic heterocycles. The van der Waals surface area contributed by atoms with E-state index in [1.807, 2.05) is 42.5 Å². The SMILES string of the molecule is O=C(Nc1ccc(CN2CCOCC2)cc1)c1ccc2cccnc2c1. The van der Waals surface area contributed by atoms with Crippen LogP contribution in [0.3, 0.4) is 0 Å².